The summed E-state index contributed by atoms with van der Waals surface area (Å²) < 4.78 is 5.77. The Bertz CT molecular complexity index is 441. The number of nitrogens with zero attached hydrogens (tertiary/aromatic N) is 3. The summed E-state index contributed by atoms with van der Waals surface area (Å²) in [7, 11) is 4.10. The maximum Gasteiger partial charge on any atom is 0.119 e. The van der Waals surface area contributed by atoms with Gasteiger partial charge in [0.2, 0.25) is 0 Å². The zero-order valence-corrected chi connectivity index (χ0v) is 14.9. The topological polar surface area (TPSA) is 45.0 Å². The lowest BCUT2D eigenvalue weighted by molar-refractivity contribution is 0.102. The predicted octanol–water partition coefficient (Wildman–Crippen LogP) is 1.26. The first kappa shape index (κ1) is 18.2. The zero-order valence-electron chi connectivity index (χ0n) is 14.9. The molecule has 1 aliphatic rings. The van der Waals surface area contributed by atoms with Crippen LogP contribution in [0.15, 0.2) is 24.3 Å². The van der Waals surface area contributed by atoms with Gasteiger partial charge in [-0.15, -0.1) is 0 Å². The Labute approximate surface area is 141 Å². The van der Waals surface area contributed by atoms with Crippen LogP contribution in [0.3, 0.4) is 0 Å². The third-order valence-corrected chi connectivity index (χ3v) is 4.59. The standard InChI is InChI=1S/C18H32N4O/c1-4-21-9-11-22(12-10-21)18(15-19)16-5-7-17(8-6-16)23-14-13-20(2)3/h5-8,18H,4,9-15,19H2,1-3H3. The first-order valence-electron chi connectivity index (χ1n) is 8.68. The SMILES string of the molecule is CCN1CCN(C(CN)c2ccc(OCCN(C)C)cc2)CC1. The van der Waals surface area contributed by atoms with Crippen molar-refractivity contribution in [2.24, 2.45) is 5.73 Å². The van der Waals surface area contributed by atoms with Gasteiger partial charge in [0.05, 0.1) is 0 Å². The summed E-state index contributed by atoms with van der Waals surface area (Å²) in [6, 6.07) is 8.76. The second-order valence-electron chi connectivity index (χ2n) is 6.44. The molecule has 23 heavy (non-hydrogen) atoms. The highest BCUT2D eigenvalue weighted by Crippen LogP contribution is 2.23. The van der Waals surface area contributed by atoms with Crippen LogP contribution < -0.4 is 10.5 Å². The lowest BCUT2D eigenvalue weighted by Crippen LogP contribution is -2.48. The third kappa shape index (κ3) is 5.46. The number of ether oxygens (including phenoxy) is 1. The molecule has 0 bridgehead atoms. The minimum Gasteiger partial charge on any atom is -0.492 e. The summed E-state index contributed by atoms with van der Waals surface area (Å²) in [5, 5.41) is 0. The van der Waals surface area contributed by atoms with Crippen molar-refractivity contribution in [2.45, 2.75) is 13.0 Å². The molecule has 1 saturated heterocycles. The average molecular weight is 320 g/mol. The molecule has 130 valence electrons. The molecule has 1 heterocycles. The van der Waals surface area contributed by atoms with Crippen molar-refractivity contribution in [1.29, 1.82) is 0 Å². The molecule has 1 atom stereocenters. The van der Waals surface area contributed by atoms with E-state index in [0.717, 1.165) is 45.0 Å². The maximum atomic E-state index is 6.06. The fourth-order valence-corrected chi connectivity index (χ4v) is 3.02. The molecular weight excluding hydrogens is 288 g/mol. The van der Waals surface area contributed by atoms with Crippen LogP contribution in [0.25, 0.3) is 0 Å². The molecule has 2 N–H and O–H groups in total. The summed E-state index contributed by atoms with van der Waals surface area (Å²) in [5.74, 6) is 0.933. The predicted molar refractivity (Wildman–Crippen MR) is 96.0 cm³/mol. The van der Waals surface area contributed by atoms with Crippen molar-refractivity contribution in [1.82, 2.24) is 14.7 Å². The number of nitrogens with two attached hydrogens (primary N) is 1. The molecule has 5 nitrogen and oxygen atoms in total. The summed E-state index contributed by atoms with van der Waals surface area (Å²) in [6.45, 7) is 10.1. The summed E-state index contributed by atoms with van der Waals surface area (Å²) in [5.41, 5.74) is 7.35. The van der Waals surface area contributed by atoms with Gasteiger partial charge >= 0.3 is 0 Å². The monoisotopic (exact) mass is 320 g/mol. The van der Waals surface area contributed by atoms with Crippen LogP contribution in [0.2, 0.25) is 0 Å². The van der Waals surface area contributed by atoms with E-state index in [9.17, 15) is 0 Å². The van der Waals surface area contributed by atoms with Crippen molar-refractivity contribution >= 4 is 0 Å². The van der Waals surface area contributed by atoms with Gasteiger partial charge in [-0.05, 0) is 38.3 Å². The minimum atomic E-state index is 0.310. The highest BCUT2D eigenvalue weighted by atomic mass is 16.5. The highest BCUT2D eigenvalue weighted by Gasteiger charge is 2.23. The van der Waals surface area contributed by atoms with E-state index in [1.54, 1.807) is 0 Å². The smallest absolute Gasteiger partial charge is 0.119 e. The summed E-state index contributed by atoms with van der Waals surface area (Å²) >= 11 is 0. The number of piperazine rings is 1. The molecule has 0 radical (unpaired) electrons. The Kier molecular flexibility index (Phi) is 7.30. The lowest BCUT2D eigenvalue weighted by Gasteiger charge is -2.38. The van der Waals surface area contributed by atoms with Crippen LogP contribution in [0.1, 0.15) is 18.5 Å². The Morgan fingerprint density at radius 3 is 2.30 bits per heavy atom. The van der Waals surface area contributed by atoms with Crippen molar-refractivity contribution in [3.8, 4) is 5.75 Å². The molecule has 0 spiro atoms. The fourth-order valence-electron chi connectivity index (χ4n) is 3.02. The van der Waals surface area contributed by atoms with Crippen molar-refractivity contribution in [3.63, 3.8) is 0 Å². The number of likely N-dealkylation sites (N-methyl/N-ethyl adjacent to an activating group) is 2. The van der Waals surface area contributed by atoms with E-state index in [-0.39, 0.29) is 0 Å². The van der Waals surface area contributed by atoms with Gasteiger partial charge in [0, 0.05) is 45.3 Å². The summed E-state index contributed by atoms with van der Waals surface area (Å²) in [6.07, 6.45) is 0. The molecule has 0 saturated carbocycles. The van der Waals surface area contributed by atoms with E-state index in [4.69, 9.17) is 10.5 Å². The third-order valence-electron chi connectivity index (χ3n) is 4.59. The van der Waals surface area contributed by atoms with Crippen LogP contribution in [-0.4, -0.2) is 81.2 Å². The molecule has 2 rings (SSSR count). The van der Waals surface area contributed by atoms with Gasteiger partial charge in [0.1, 0.15) is 12.4 Å². The number of hydrogen-bond acceptors (Lipinski definition) is 5. The Morgan fingerprint density at radius 2 is 1.78 bits per heavy atom. The summed E-state index contributed by atoms with van der Waals surface area (Å²) in [4.78, 5) is 7.12. The molecule has 5 heteroatoms. The van der Waals surface area contributed by atoms with Gasteiger partial charge in [-0.2, -0.15) is 0 Å². The van der Waals surface area contributed by atoms with Crippen LogP contribution in [0, 0.1) is 0 Å². The molecule has 1 aromatic rings. The molecule has 0 aromatic heterocycles. The quantitative estimate of drug-likeness (QED) is 0.781. The number of hydrogen-bond donors (Lipinski definition) is 1. The molecule has 0 amide bonds. The lowest BCUT2D eigenvalue weighted by atomic mass is 10.0. The number of benzene rings is 1. The van der Waals surface area contributed by atoms with Crippen molar-refractivity contribution < 1.29 is 4.74 Å². The van der Waals surface area contributed by atoms with Crippen LogP contribution in [0.5, 0.6) is 5.75 Å². The van der Waals surface area contributed by atoms with Gasteiger partial charge in [-0.25, -0.2) is 0 Å². The van der Waals surface area contributed by atoms with Crippen LogP contribution in [0.4, 0.5) is 0 Å². The molecule has 1 aliphatic heterocycles. The first-order valence-corrected chi connectivity index (χ1v) is 8.68. The largest absolute Gasteiger partial charge is 0.492 e. The molecule has 0 aliphatic carbocycles. The average Bonchev–Trinajstić information content (AvgIpc) is 2.57. The van der Waals surface area contributed by atoms with Gasteiger partial charge in [-0.3, -0.25) is 4.90 Å². The second kappa shape index (κ2) is 9.23. The Balaban J connectivity index is 1.91. The Morgan fingerprint density at radius 1 is 1.13 bits per heavy atom. The van der Waals surface area contributed by atoms with Gasteiger partial charge in [0.25, 0.3) is 0 Å². The second-order valence-corrected chi connectivity index (χ2v) is 6.44. The van der Waals surface area contributed by atoms with Gasteiger partial charge in [0.15, 0.2) is 0 Å². The van der Waals surface area contributed by atoms with E-state index >= 15 is 0 Å². The number of rotatable bonds is 8. The molecular formula is C18H32N4O. The normalized spacial score (nSPS) is 18.3. The van der Waals surface area contributed by atoms with Gasteiger partial charge in [-0.1, -0.05) is 19.1 Å². The van der Waals surface area contributed by atoms with Crippen LogP contribution in [-0.2, 0) is 0 Å². The first-order chi connectivity index (χ1) is 11.1. The molecule has 1 aromatic carbocycles. The molecule has 1 unspecified atom stereocenters. The van der Waals surface area contributed by atoms with Crippen LogP contribution >= 0.6 is 0 Å². The maximum absolute atomic E-state index is 6.06. The van der Waals surface area contributed by atoms with E-state index in [1.165, 1.54) is 5.56 Å². The fraction of sp³-hybridized carbons (Fsp3) is 0.667. The minimum absolute atomic E-state index is 0.310. The van der Waals surface area contributed by atoms with E-state index < -0.39 is 0 Å². The van der Waals surface area contributed by atoms with E-state index in [0.29, 0.717) is 19.2 Å². The van der Waals surface area contributed by atoms with Crippen molar-refractivity contribution in [3.05, 3.63) is 29.8 Å². The van der Waals surface area contributed by atoms with E-state index in [1.807, 2.05) is 0 Å². The Hall–Kier alpha value is -1.14. The van der Waals surface area contributed by atoms with Crippen molar-refractivity contribution in [2.75, 3.05) is 66.5 Å². The highest BCUT2D eigenvalue weighted by molar-refractivity contribution is 5.29. The zero-order chi connectivity index (χ0) is 16.7. The van der Waals surface area contributed by atoms with Gasteiger partial charge < -0.3 is 20.3 Å². The molecule has 1 fully saturated rings. The van der Waals surface area contributed by atoms with E-state index in [2.05, 4.69) is 60.0 Å².